The van der Waals surface area contributed by atoms with E-state index in [0.717, 1.165) is 18.6 Å². The highest BCUT2D eigenvalue weighted by Gasteiger charge is 2.18. The summed E-state index contributed by atoms with van der Waals surface area (Å²) in [6, 6.07) is 9.44. The zero-order valence-electron chi connectivity index (χ0n) is 9.27. The molecule has 0 N–H and O–H groups in total. The van der Waals surface area contributed by atoms with E-state index in [0.29, 0.717) is 6.61 Å². The third-order valence-corrected chi connectivity index (χ3v) is 5.57. The molecule has 1 aromatic carbocycles. The molecule has 16 heavy (non-hydrogen) atoms. The molecule has 5 heteroatoms. The number of para-hydroxylation sites is 1. The van der Waals surface area contributed by atoms with E-state index >= 15 is 0 Å². The SMILES string of the molecule is CCCCOP(=S)(CCl)Oc1ccccc1. The van der Waals surface area contributed by atoms with Gasteiger partial charge in [-0.3, -0.25) is 0 Å². The first kappa shape index (κ1) is 14.0. The summed E-state index contributed by atoms with van der Waals surface area (Å²) >= 11 is 11.2. The Kier molecular flexibility index (Phi) is 6.37. The zero-order valence-corrected chi connectivity index (χ0v) is 11.7. The summed E-state index contributed by atoms with van der Waals surface area (Å²) < 4.78 is 11.3. The Labute approximate surface area is 107 Å². The lowest BCUT2D eigenvalue weighted by molar-refractivity contribution is 0.307. The molecule has 0 aliphatic rings. The van der Waals surface area contributed by atoms with Crippen molar-refractivity contribution in [2.45, 2.75) is 19.8 Å². The fourth-order valence-electron chi connectivity index (χ4n) is 1.08. The predicted octanol–water partition coefficient (Wildman–Crippen LogP) is 4.39. The minimum absolute atomic E-state index is 0.237. The van der Waals surface area contributed by atoms with Gasteiger partial charge in [-0.15, -0.1) is 11.6 Å². The van der Waals surface area contributed by atoms with Gasteiger partial charge in [-0.2, -0.15) is 0 Å². The molecule has 0 bridgehead atoms. The van der Waals surface area contributed by atoms with Gasteiger partial charge in [0.25, 0.3) is 6.49 Å². The van der Waals surface area contributed by atoms with Gasteiger partial charge in [0, 0.05) is 0 Å². The van der Waals surface area contributed by atoms with Gasteiger partial charge in [-0.25, -0.2) is 0 Å². The summed E-state index contributed by atoms with van der Waals surface area (Å²) in [5, 5.41) is 0. The molecule has 0 amide bonds. The second-order valence-corrected chi connectivity index (χ2v) is 7.61. The summed E-state index contributed by atoms with van der Waals surface area (Å²) in [4.78, 5) is 0. The van der Waals surface area contributed by atoms with Crippen LogP contribution in [0.25, 0.3) is 0 Å². The number of hydrogen-bond acceptors (Lipinski definition) is 3. The van der Waals surface area contributed by atoms with Crippen molar-refractivity contribution in [1.29, 1.82) is 0 Å². The lowest BCUT2D eigenvalue weighted by Gasteiger charge is -2.20. The van der Waals surface area contributed by atoms with E-state index in [1.807, 2.05) is 30.3 Å². The number of benzene rings is 1. The molecule has 2 nitrogen and oxygen atoms in total. The monoisotopic (exact) mass is 278 g/mol. The fraction of sp³-hybridized carbons (Fsp3) is 0.455. The van der Waals surface area contributed by atoms with Gasteiger partial charge in [0.15, 0.2) is 0 Å². The van der Waals surface area contributed by atoms with Gasteiger partial charge in [0.2, 0.25) is 0 Å². The van der Waals surface area contributed by atoms with Crippen molar-refractivity contribution >= 4 is 29.9 Å². The zero-order chi connectivity index (χ0) is 11.9. The minimum Gasteiger partial charge on any atom is -0.442 e. The van der Waals surface area contributed by atoms with E-state index in [2.05, 4.69) is 6.92 Å². The molecule has 0 fully saturated rings. The van der Waals surface area contributed by atoms with Crippen LogP contribution >= 0.6 is 18.1 Å². The Hall–Kier alpha value is -0.0800. The highest BCUT2D eigenvalue weighted by Crippen LogP contribution is 2.49. The number of halogens is 1. The normalized spacial score (nSPS) is 14.4. The maximum Gasteiger partial charge on any atom is 0.252 e. The first-order valence-electron chi connectivity index (χ1n) is 5.24. The molecule has 1 unspecified atom stereocenters. The van der Waals surface area contributed by atoms with Gasteiger partial charge in [-0.1, -0.05) is 31.5 Å². The first-order valence-corrected chi connectivity index (χ1v) is 8.60. The van der Waals surface area contributed by atoms with Crippen molar-refractivity contribution in [3.05, 3.63) is 30.3 Å². The number of unbranched alkanes of at least 4 members (excludes halogenated alkanes) is 1. The van der Waals surface area contributed by atoms with Crippen LogP contribution in [0.2, 0.25) is 0 Å². The quantitative estimate of drug-likeness (QED) is 0.419. The molecule has 90 valence electrons. The first-order chi connectivity index (χ1) is 7.70. The maximum absolute atomic E-state index is 5.83. The molecule has 0 aromatic heterocycles. The molecule has 0 radical (unpaired) electrons. The molecule has 0 saturated carbocycles. The minimum atomic E-state index is -2.35. The van der Waals surface area contributed by atoms with Crippen LogP contribution in [0, 0.1) is 0 Å². The van der Waals surface area contributed by atoms with Crippen molar-refractivity contribution in [2.75, 3.05) is 12.2 Å². The smallest absolute Gasteiger partial charge is 0.252 e. The second-order valence-electron chi connectivity index (χ2n) is 3.32. The Morgan fingerprint density at radius 1 is 1.31 bits per heavy atom. The summed E-state index contributed by atoms with van der Waals surface area (Å²) in [5.41, 5.74) is 0.237. The Balaban J connectivity index is 2.56. The summed E-state index contributed by atoms with van der Waals surface area (Å²) in [6.45, 7) is 0.368. The molecule has 0 heterocycles. The van der Waals surface area contributed by atoms with E-state index in [9.17, 15) is 0 Å². The van der Waals surface area contributed by atoms with Crippen molar-refractivity contribution in [3.63, 3.8) is 0 Å². The van der Waals surface area contributed by atoms with Crippen LogP contribution in [0.5, 0.6) is 5.75 Å². The predicted molar refractivity (Wildman–Crippen MR) is 72.9 cm³/mol. The largest absolute Gasteiger partial charge is 0.442 e. The van der Waals surface area contributed by atoms with Gasteiger partial charge in [0.1, 0.15) is 11.4 Å². The van der Waals surface area contributed by atoms with E-state index in [-0.39, 0.29) is 5.62 Å². The third kappa shape index (κ3) is 4.84. The summed E-state index contributed by atoms with van der Waals surface area (Å²) in [5.74, 6) is 0.725. The van der Waals surface area contributed by atoms with Crippen LogP contribution in [0.1, 0.15) is 19.8 Å². The summed E-state index contributed by atoms with van der Waals surface area (Å²) in [6.07, 6.45) is 2.05. The van der Waals surface area contributed by atoms with Gasteiger partial charge in [-0.05, 0) is 30.4 Å². The Bertz CT molecular complexity index is 345. The molecule has 0 aliphatic heterocycles. The standard InChI is InChI=1S/C11H16ClO2PS/c1-2-3-9-13-15(16,10-12)14-11-7-5-4-6-8-11/h4-8H,2-3,9-10H2,1H3. The fourth-order valence-corrected chi connectivity index (χ4v) is 2.93. The Morgan fingerprint density at radius 2 is 2.00 bits per heavy atom. The molecular formula is C11H16ClO2PS. The average molecular weight is 279 g/mol. The van der Waals surface area contributed by atoms with Crippen LogP contribution < -0.4 is 4.52 Å². The van der Waals surface area contributed by atoms with E-state index < -0.39 is 6.49 Å². The molecule has 0 saturated heterocycles. The van der Waals surface area contributed by atoms with Crippen molar-refractivity contribution in [1.82, 2.24) is 0 Å². The second kappa shape index (κ2) is 7.29. The van der Waals surface area contributed by atoms with Gasteiger partial charge < -0.3 is 9.05 Å². The third-order valence-electron chi connectivity index (χ3n) is 1.92. The van der Waals surface area contributed by atoms with Crippen LogP contribution in [-0.4, -0.2) is 12.2 Å². The van der Waals surface area contributed by atoms with E-state index in [4.69, 9.17) is 32.5 Å². The van der Waals surface area contributed by atoms with Crippen LogP contribution in [0.15, 0.2) is 30.3 Å². The van der Waals surface area contributed by atoms with Crippen molar-refractivity contribution in [3.8, 4) is 5.75 Å². The lowest BCUT2D eigenvalue weighted by atomic mass is 10.3. The van der Waals surface area contributed by atoms with Crippen LogP contribution in [0.3, 0.4) is 0 Å². The lowest BCUT2D eigenvalue weighted by Crippen LogP contribution is -2.00. The van der Waals surface area contributed by atoms with Crippen molar-refractivity contribution in [2.24, 2.45) is 0 Å². The highest BCUT2D eigenvalue weighted by atomic mass is 35.5. The average Bonchev–Trinajstić information content (AvgIpc) is 2.31. The molecule has 0 aliphatic carbocycles. The van der Waals surface area contributed by atoms with Crippen LogP contribution in [0.4, 0.5) is 0 Å². The Morgan fingerprint density at radius 3 is 2.56 bits per heavy atom. The molecular weight excluding hydrogens is 263 g/mol. The molecule has 1 rings (SSSR count). The van der Waals surface area contributed by atoms with Gasteiger partial charge in [0.05, 0.1) is 6.61 Å². The highest BCUT2D eigenvalue weighted by molar-refractivity contribution is 8.10. The van der Waals surface area contributed by atoms with Crippen molar-refractivity contribution < 1.29 is 9.05 Å². The van der Waals surface area contributed by atoms with E-state index in [1.165, 1.54) is 0 Å². The molecule has 1 aromatic rings. The molecule has 0 spiro atoms. The van der Waals surface area contributed by atoms with Gasteiger partial charge >= 0.3 is 0 Å². The number of rotatable bonds is 7. The molecule has 1 atom stereocenters. The summed E-state index contributed by atoms with van der Waals surface area (Å²) in [7, 11) is 0. The van der Waals surface area contributed by atoms with E-state index in [1.54, 1.807) is 0 Å². The van der Waals surface area contributed by atoms with Crippen LogP contribution in [-0.2, 0) is 16.3 Å². The topological polar surface area (TPSA) is 18.5 Å². The maximum atomic E-state index is 5.83. The number of hydrogen-bond donors (Lipinski definition) is 0. The number of alkyl halides is 1.